The van der Waals surface area contributed by atoms with Crippen LogP contribution in [0.2, 0.25) is 10.0 Å². The lowest BCUT2D eigenvalue weighted by Gasteiger charge is -2.38. The number of nitrogen functional groups attached to an aromatic ring is 1. The van der Waals surface area contributed by atoms with Crippen LogP contribution < -0.4 is 31.6 Å². The first-order valence-electron chi connectivity index (χ1n) is 24.8. The Hall–Kier alpha value is -5.03. The van der Waals surface area contributed by atoms with E-state index in [0.29, 0.717) is 24.0 Å². The maximum atomic E-state index is 12.9. The van der Waals surface area contributed by atoms with Crippen molar-refractivity contribution in [3.63, 3.8) is 0 Å². The van der Waals surface area contributed by atoms with Crippen LogP contribution in [0.4, 0.5) is 16.2 Å². The number of methoxy groups -OCH3 is 2. The van der Waals surface area contributed by atoms with E-state index >= 15 is 0 Å². The zero-order chi connectivity index (χ0) is 47.4. The van der Waals surface area contributed by atoms with Crippen molar-refractivity contribution >= 4 is 62.2 Å². The average Bonchev–Trinajstić information content (AvgIpc) is 4.01. The molecule has 0 unspecified atom stereocenters. The Kier molecular flexibility index (Phi) is 17.4. The molecule has 68 heavy (non-hydrogen) atoms. The van der Waals surface area contributed by atoms with Crippen LogP contribution >= 0.6 is 23.2 Å². The highest BCUT2D eigenvalue weighted by molar-refractivity contribution is 6.30. The number of piperidine rings is 2. The molecule has 6 aromatic carbocycles. The quantitative estimate of drug-likeness (QED) is 0.101. The summed E-state index contributed by atoms with van der Waals surface area (Å²) in [6.45, 7) is 4.67. The third-order valence-electron chi connectivity index (χ3n) is 14.8. The molecule has 2 saturated carbocycles. The molecule has 10 rings (SSSR count). The van der Waals surface area contributed by atoms with E-state index in [1.54, 1.807) is 14.2 Å². The molecule has 6 N–H and O–H groups in total. The second-order valence-electron chi connectivity index (χ2n) is 19.3. The van der Waals surface area contributed by atoms with Crippen LogP contribution in [0.1, 0.15) is 75.3 Å². The number of nitrogens with one attached hydrogen (secondary N) is 2. The predicted octanol–water partition coefficient (Wildman–Crippen LogP) is 12.4. The second kappa shape index (κ2) is 24.0. The highest BCUT2D eigenvalue weighted by atomic mass is 35.5. The van der Waals surface area contributed by atoms with Crippen molar-refractivity contribution < 1.29 is 14.3 Å². The number of hydrogen-bond acceptors (Lipinski definition) is 7. The molecule has 9 nitrogen and oxygen atoms in total. The predicted molar refractivity (Wildman–Crippen MR) is 284 cm³/mol. The lowest BCUT2D eigenvalue weighted by Crippen LogP contribution is -2.52. The van der Waals surface area contributed by atoms with E-state index in [1.165, 1.54) is 75.6 Å². The number of urea groups is 1. The van der Waals surface area contributed by atoms with E-state index in [0.717, 1.165) is 99.2 Å². The number of nitrogens with zero attached hydrogens (tertiary/aromatic N) is 2. The fourth-order valence-electron chi connectivity index (χ4n) is 11.2. The van der Waals surface area contributed by atoms with Crippen molar-refractivity contribution in [1.29, 1.82) is 0 Å². The van der Waals surface area contributed by atoms with Crippen LogP contribution in [0.5, 0.6) is 11.5 Å². The molecule has 0 spiro atoms. The molecule has 2 aliphatic heterocycles. The van der Waals surface area contributed by atoms with Gasteiger partial charge in [0.05, 0.1) is 14.2 Å². The molecule has 0 bridgehead atoms. The number of carbonyl (C=O) groups excluding carboxylic acids is 1. The van der Waals surface area contributed by atoms with Crippen molar-refractivity contribution in [3.8, 4) is 11.5 Å². The molecule has 4 atom stereocenters. The molecule has 0 aromatic heterocycles. The lowest BCUT2D eigenvalue weighted by molar-refractivity contribution is 0.119. The van der Waals surface area contributed by atoms with Gasteiger partial charge in [0.1, 0.15) is 11.5 Å². The molecule has 2 saturated heterocycles. The van der Waals surface area contributed by atoms with E-state index in [1.807, 2.05) is 97.1 Å². The van der Waals surface area contributed by atoms with E-state index in [-0.39, 0.29) is 12.1 Å². The monoisotopic (exact) mass is 956 g/mol. The number of nitrogens with two attached hydrogens (primary N) is 2. The minimum Gasteiger partial charge on any atom is -0.496 e. The number of amides is 2. The van der Waals surface area contributed by atoms with Gasteiger partial charge in [-0.3, -0.25) is 9.80 Å². The third-order valence-corrected chi connectivity index (χ3v) is 15.3. The zero-order valence-corrected chi connectivity index (χ0v) is 41.4. The highest BCUT2D eigenvalue weighted by Gasteiger charge is 2.35. The molecule has 4 fully saturated rings. The Balaban J connectivity index is 0.000000158. The van der Waals surface area contributed by atoms with Gasteiger partial charge >= 0.3 is 6.03 Å². The summed E-state index contributed by atoms with van der Waals surface area (Å²) in [7, 11) is 3.31. The van der Waals surface area contributed by atoms with Gasteiger partial charge in [0.15, 0.2) is 0 Å². The number of carbonyl (C=O) groups is 1. The molecular formula is C57H70Cl2N6O3. The van der Waals surface area contributed by atoms with Gasteiger partial charge in [0, 0.05) is 68.5 Å². The summed E-state index contributed by atoms with van der Waals surface area (Å²) in [6.07, 6.45) is 14.5. The molecule has 360 valence electrons. The normalized spacial score (nSPS) is 21.4. The number of rotatable bonds is 10. The Labute approximate surface area is 413 Å². The van der Waals surface area contributed by atoms with Crippen molar-refractivity contribution in [2.24, 2.45) is 17.6 Å². The van der Waals surface area contributed by atoms with Crippen molar-refractivity contribution in [3.05, 3.63) is 142 Å². The van der Waals surface area contributed by atoms with Crippen molar-refractivity contribution in [2.75, 3.05) is 51.4 Å². The topological polar surface area (TPSA) is 118 Å². The second-order valence-corrected chi connectivity index (χ2v) is 20.2. The fourth-order valence-corrected chi connectivity index (χ4v) is 11.4. The number of likely N-dealkylation sites (tertiary alicyclic amines) is 2. The molecule has 2 heterocycles. The average molecular weight is 958 g/mol. The van der Waals surface area contributed by atoms with Gasteiger partial charge in [-0.05, 0) is 167 Å². The van der Waals surface area contributed by atoms with E-state index in [4.69, 9.17) is 44.1 Å². The summed E-state index contributed by atoms with van der Waals surface area (Å²) in [6, 6.07) is 41.9. The number of fused-ring (bicyclic) bond motifs is 2. The van der Waals surface area contributed by atoms with Gasteiger partial charge in [-0.15, -0.1) is 0 Å². The maximum absolute atomic E-state index is 12.9. The number of hydrogen-bond donors (Lipinski definition) is 4. The molecule has 6 aromatic rings. The summed E-state index contributed by atoms with van der Waals surface area (Å²) >= 11 is 12.0. The van der Waals surface area contributed by atoms with E-state index < -0.39 is 0 Å². The first kappa shape index (κ1) is 49.4. The van der Waals surface area contributed by atoms with Crippen LogP contribution in [0, 0.1) is 11.8 Å². The summed E-state index contributed by atoms with van der Waals surface area (Å²) in [5.74, 6) is 3.13. The highest BCUT2D eigenvalue weighted by Crippen LogP contribution is 2.33. The number of benzene rings is 6. The van der Waals surface area contributed by atoms with Gasteiger partial charge in [-0.2, -0.15) is 0 Å². The zero-order valence-electron chi connectivity index (χ0n) is 39.9. The summed E-state index contributed by atoms with van der Waals surface area (Å²) in [5, 5.41) is 12.2. The first-order valence-corrected chi connectivity index (χ1v) is 25.6. The van der Waals surface area contributed by atoms with Crippen LogP contribution in [0.3, 0.4) is 0 Å². The van der Waals surface area contributed by atoms with Crippen LogP contribution in [0.15, 0.2) is 121 Å². The number of ether oxygens (including phenoxy) is 2. The number of anilines is 2. The third kappa shape index (κ3) is 13.2. The van der Waals surface area contributed by atoms with Crippen LogP contribution in [-0.2, 0) is 12.8 Å². The number of halogens is 2. The lowest BCUT2D eigenvalue weighted by atomic mass is 9.89. The minimum atomic E-state index is -0.142. The molecule has 0 radical (unpaired) electrons. The van der Waals surface area contributed by atoms with Gasteiger partial charge in [-0.25, -0.2) is 4.79 Å². The van der Waals surface area contributed by atoms with Crippen molar-refractivity contribution in [1.82, 2.24) is 15.1 Å². The Morgan fingerprint density at radius 2 is 1.09 bits per heavy atom. The molecule has 11 heteroatoms. The van der Waals surface area contributed by atoms with E-state index in [9.17, 15) is 4.79 Å². The van der Waals surface area contributed by atoms with Gasteiger partial charge in [0.2, 0.25) is 0 Å². The molecule has 2 amide bonds. The van der Waals surface area contributed by atoms with Gasteiger partial charge in [0.25, 0.3) is 0 Å². The van der Waals surface area contributed by atoms with Gasteiger partial charge in [-0.1, -0.05) is 102 Å². The van der Waals surface area contributed by atoms with Crippen LogP contribution in [-0.4, -0.2) is 80.4 Å². The summed E-state index contributed by atoms with van der Waals surface area (Å²) < 4.78 is 10.8. The van der Waals surface area contributed by atoms with Gasteiger partial charge < -0.3 is 31.6 Å². The Bertz CT molecular complexity index is 2540. The molecule has 2 aliphatic carbocycles. The smallest absolute Gasteiger partial charge is 0.319 e. The SMILES string of the molecule is COc1cc(N)cc2ccccc12.COc1cc(NC(=O)N[C@@H]2CCC[C@H]2N2CCC(Cc3ccc(Cl)cc3)CC2)cc2ccccc12.N[C@@H]1CCC[C@H]1N1CCC(Cc2ccc(Cl)cc2)CC1. The first-order chi connectivity index (χ1) is 33.1. The van der Waals surface area contributed by atoms with Crippen LogP contribution in [0.25, 0.3) is 21.5 Å². The summed E-state index contributed by atoms with van der Waals surface area (Å²) in [5.41, 5.74) is 16.2. The van der Waals surface area contributed by atoms with E-state index in [2.05, 4.69) is 44.7 Å². The molecular weight excluding hydrogens is 888 g/mol. The fraction of sp³-hybridized carbons (Fsp3) is 0.421. The Morgan fingerprint density at radius 3 is 1.62 bits per heavy atom. The summed E-state index contributed by atoms with van der Waals surface area (Å²) in [4.78, 5) is 18.2. The Morgan fingerprint density at radius 1 is 0.603 bits per heavy atom. The minimum absolute atomic E-state index is 0.142. The van der Waals surface area contributed by atoms with Crippen molar-refractivity contribution in [2.45, 2.75) is 101 Å². The maximum Gasteiger partial charge on any atom is 0.319 e. The molecule has 4 aliphatic rings. The standard InChI is InChI=1S/C29H34ClN3O2.C17H25ClN2.C11H11NO/c1-35-28-19-24(18-22-5-2-3-6-25(22)28)31-29(34)32-26-7-4-8-27(26)33-15-13-21(14-16-33)17-20-9-11-23(30)12-10-20;18-15-6-4-13(5-7-15)12-14-8-10-20(11-9-14)17-3-1-2-16(17)19;1-13-11-7-9(12)6-8-4-2-3-5-10(8)11/h2-3,5-6,9-12,18-19,21,26-27H,4,7-8,13-17H2,1H3,(H2,31,32,34);4-7,14,16-17H,1-3,8-12,19H2;2-7H,12H2,1H3/t26-,27-;16-,17-;/m11./s1. The largest absolute Gasteiger partial charge is 0.496 e.